The fraction of sp³-hybridized carbons (Fsp3) is 0.414. The zero-order valence-electron chi connectivity index (χ0n) is 21.7. The van der Waals surface area contributed by atoms with Crippen LogP contribution in [0.1, 0.15) is 54.1 Å². The summed E-state index contributed by atoms with van der Waals surface area (Å²) >= 11 is 5.91. The van der Waals surface area contributed by atoms with Gasteiger partial charge in [-0.15, -0.1) is 0 Å². The van der Waals surface area contributed by atoms with Crippen LogP contribution in [0.3, 0.4) is 0 Å². The van der Waals surface area contributed by atoms with Gasteiger partial charge in [0.15, 0.2) is 0 Å². The Balaban J connectivity index is 1.31. The summed E-state index contributed by atoms with van der Waals surface area (Å²) in [4.78, 5) is 38.5. The van der Waals surface area contributed by atoms with E-state index in [9.17, 15) is 18.6 Å². The van der Waals surface area contributed by atoms with Gasteiger partial charge in [-0.25, -0.2) is 4.79 Å². The molecule has 1 heterocycles. The lowest BCUT2D eigenvalue weighted by molar-refractivity contribution is -0.147. The highest BCUT2D eigenvalue weighted by atomic mass is 35.5. The van der Waals surface area contributed by atoms with Crippen LogP contribution in [-0.4, -0.2) is 57.9 Å². The summed E-state index contributed by atoms with van der Waals surface area (Å²) in [5.74, 6) is -0.713. The molecule has 0 bridgehead atoms. The Bertz CT molecular complexity index is 1140. The molecule has 38 heavy (non-hydrogen) atoms. The Morgan fingerprint density at radius 1 is 1.11 bits per heavy atom. The first kappa shape index (κ1) is 29.6. The van der Waals surface area contributed by atoms with Gasteiger partial charge >= 0.3 is 5.97 Å². The monoisotopic (exact) mass is 558 g/mol. The second kappa shape index (κ2) is 14.8. The zero-order valence-corrected chi connectivity index (χ0v) is 23.3. The second-order valence-corrected chi connectivity index (χ2v) is 11.4. The van der Waals surface area contributed by atoms with Crippen molar-refractivity contribution in [2.45, 2.75) is 56.1 Å². The molecule has 2 amide bonds. The standard InChI is InChI=1S/C29H35ClN2O5S/c1-3-18-37-29(35)24-13-9-23(10-14-24)20-38(36)26-19-32(28(26)34)21(2)27(33)31-17-7-5-4-6-8-22-11-15-25(30)16-12-22/h3,9-16,21,26H,1,4-8,17-20H2,2H3,(H,31,33). The molecule has 2 aromatic rings. The first-order chi connectivity index (χ1) is 18.3. The molecule has 1 aliphatic rings. The van der Waals surface area contributed by atoms with Crippen LogP contribution in [0.15, 0.2) is 61.2 Å². The van der Waals surface area contributed by atoms with E-state index in [4.69, 9.17) is 16.3 Å². The van der Waals surface area contributed by atoms with Gasteiger partial charge in [-0.1, -0.05) is 61.4 Å². The fourth-order valence-electron chi connectivity index (χ4n) is 4.14. The quantitative estimate of drug-likeness (QED) is 0.151. The van der Waals surface area contributed by atoms with E-state index >= 15 is 0 Å². The van der Waals surface area contributed by atoms with Gasteiger partial charge in [0, 0.05) is 34.7 Å². The lowest BCUT2D eigenvalue weighted by Crippen LogP contribution is -2.64. The van der Waals surface area contributed by atoms with Crippen molar-refractivity contribution in [3.8, 4) is 0 Å². The van der Waals surface area contributed by atoms with Crippen molar-refractivity contribution in [1.82, 2.24) is 10.2 Å². The summed E-state index contributed by atoms with van der Waals surface area (Å²) < 4.78 is 17.8. The molecule has 7 nitrogen and oxygen atoms in total. The first-order valence-corrected chi connectivity index (χ1v) is 14.6. The van der Waals surface area contributed by atoms with Crippen LogP contribution < -0.4 is 5.32 Å². The average Bonchev–Trinajstić information content (AvgIpc) is 2.91. The largest absolute Gasteiger partial charge is 0.458 e. The molecule has 3 atom stereocenters. The highest BCUT2D eigenvalue weighted by molar-refractivity contribution is 7.85. The van der Waals surface area contributed by atoms with Crippen molar-refractivity contribution in [2.75, 3.05) is 19.7 Å². The van der Waals surface area contributed by atoms with Crippen LogP contribution in [0.2, 0.25) is 5.02 Å². The number of amides is 2. The van der Waals surface area contributed by atoms with E-state index in [2.05, 4.69) is 11.9 Å². The van der Waals surface area contributed by atoms with Gasteiger partial charge in [0.2, 0.25) is 11.8 Å². The molecular weight excluding hydrogens is 524 g/mol. The minimum Gasteiger partial charge on any atom is -0.458 e. The van der Waals surface area contributed by atoms with Crippen LogP contribution in [-0.2, 0) is 37.3 Å². The van der Waals surface area contributed by atoms with Crippen LogP contribution in [0.25, 0.3) is 0 Å². The topological polar surface area (TPSA) is 92.8 Å². The van der Waals surface area contributed by atoms with Crippen molar-refractivity contribution in [2.24, 2.45) is 0 Å². The summed E-state index contributed by atoms with van der Waals surface area (Å²) in [6, 6.07) is 13.9. The highest BCUT2D eigenvalue weighted by Gasteiger charge is 2.44. The van der Waals surface area contributed by atoms with E-state index in [0.29, 0.717) is 12.1 Å². The number of aryl methyl sites for hydroxylation is 1. The van der Waals surface area contributed by atoms with Crippen molar-refractivity contribution in [1.29, 1.82) is 0 Å². The Kier molecular flexibility index (Phi) is 11.5. The third kappa shape index (κ3) is 8.53. The number of carbonyl (C=O) groups excluding carboxylic acids is 3. The Hall–Kier alpha value is -2.97. The van der Waals surface area contributed by atoms with Crippen LogP contribution in [0, 0.1) is 0 Å². The normalized spacial score (nSPS) is 16.3. The number of hydrogen-bond donors (Lipinski definition) is 1. The number of carbonyl (C=O) groups is 3. The van der Waals surface area contributed by atoms with Crippen molar-refractivity contribution in [3.63, 3.8) is 0 Å². The number of nitrogens with one attached hydrogen (secondary N) is 1. The van der Waals surface area contributed by atoms with Gasteiger partial charge in [-0.2, -0.15) is 0 Å². The van der Waals surface area contributed by atoms with Gasteiger partial charge in [0.1, 0.15) is 17.9 Å². The van der Waals surface area contributed by atoms with E-state index in [1.54, 1.807) is 31.2 Å². The predicted molar refractivity (Wildman–Crippen MR) is 150 cm³/mol. The second-order valence-electron chi connectivity index (χ2n) is 9.35. The van der Waals surface area contributed by atoms with Gasteiger partial charge in [-0.05, 0) is 61.6 Å². The molecule has 2 aromatic carbocycles. The number of β-lactam (4-membered cyclic amide) rings is 1. The number of halogens is 1. The molecule has 0 radical (unpaired) electrons. The summed E-state index contributed by atoms with van der Waals surface area (Å²) in [6.07, 6.45) is 6.56. The minimum absolute atomic E-state index is 0.132. The average molecular weight is 559 g/mol. The SMILES string of the molecule is C=CCOC(=O)c1ccc(CS(=O)C2CN(C(C)C(=O)NCCCCCCc3ccc(Cl)cc3)C2=O)cc1. The molecule has 9 heteroatoms. The Morgan fingerprint density at radius 2 is 1.76 bits per heavy atom. The molecule has 0 spiro atoms. The molecule has 0 saturated carbocycles. The maximum atomic E-state index is 12.8. The van der Waals surface area contributed by atoms with E-state index in [1.807, 2.05) is 24.3 Å². The third-order valence-electron chi connectivity index (χ3n) is 6.52. The van der Waals surface area contributed by atoms with E-state index in [1.165, 1.54) is 16.5 Å². The van der Waals surface area contributed by atoms with Crippen LogP contribution >= 0.6 is 11.6 Å². The maximum absolute atomic E-state index is 12.8. The van der Waals surface area contributed by atoms with Gasteiger partial charge < -0.3 is 15.0 Å². The number of likely N-dealkylation sites (tertiary alicyclic amines) is 1. The van der Waals surface area contributed by atoms with Gasteiger partial charge in [0.25, 0.3) is 0 Å². The lowest BCUT2D eigenvalue weighted by Gasteiger charge is -2.41. The molecule has 3 rings (SSSR count). The van der Waals surface area contributed by atoms with Crippen molar-refractivity contribution in [3.05, 3.63) is 82.9 Å². The Morgan fingerprint density at radius 3 is 2.42 bits per heavy atom. The lowest BCUT2D eigenvalue weighted by atomic mass is 10.1. The van der Waals surface area contributed by atoms with Gasteiger partial charge in [-0.3, -0.25) is 13.8 Å². The first-order valence-electron chi connectivity index (χ1n) is 12.9. The summed E-state index contributed by atoms with van der Waals surface area (Å²) in [7, 11) is -1.42. The maximum Gasteiger partial charge on any atom is 0.338 e. The number of nitrogens with zero attached hydrogens (tertiary/aromatic N) is 1. The number of benzene rings is 2. The molecule has 0 aromatic heterocycles. The number of rotatable bonds is 15. The molecule has 204 valence electrons. The molecule has 1 aliphatic heterocycles. The van der Waals surface area contributed by atoms with Crippen molar-refractivity contribution < 1.29 is 23.3 Å². The smallest absolute Gasteiger partial charge is 0.338 e. The van der Waals surface area contributed by atoms with E-state index < -0.39 is 28.1 Å². The Labute approximate surface area is 232 Å². The third-order valence-corrected chi connectivity index (χ3v) is 8.38. The van der Waals surface area contributed by atoms with Crippen LogP contribution in [0.5, 0.6) is 0 Å². The van der Waals surface area contributed by atoms with Crippen molar-refractivity contribution >= 4 is 40.2 Å². The molecule has 1 saturated heterocycles. The fourth-order valence-corrected chi connectivity index (χ4v) is 5.68. The number of unbranched alkanes of at least 4 members (excludes halogenated alkanes) is 3. The summed E-state index contributed by atoms with van der Waals surface area (Å²) in [5.41, 5.74) is 2.42. The van der Waals surface area contributed by atoms with Gasteiger partial charge in [0.05, 0.1) is 5.56 Å². The van der Waals surface area contributed by atoms with E-state index in [-0.39, 0.29) is 30.7 Å². The number of ether oxygens (including phenoxy) is 1. The zero-order chi connectivity index (χ0) is 27.5. The number of esters is 1. The highest BCUT2D eigenvalue weighted by Crippen LogP contribution is 2.22. The number of hydrogen-bond acceptors (Lipinski definition) is 5. The minimum atomic E-state index is -1.42. The predicted octanol–water partition coefficient (Wildman–Crippen LogP) is 4.45. The van der Waals surface area contributed by atoms with Crippen LogP contribution in [0.4, 0.5) is 0 Å². The molecule has 1 fully saturated rings. The molecule has 0 aliphatic carbocycles. The summed E-state index contributed by atoms with van der Waals surface area (Å²) in [6.45, 7) is 6.19. The van der Waals surface area contributed by atoms with E-state index in [0.717, 1.165) is 42.7 Å². The molecular formula is C29H35ClN2O5S. The molecule has 1 N–H and O–H groups in total. The summed E-state index contributed by atoms with van der Waals surface area (Å²) in [5, 5.41) is 3.03. The molecule has 3 unspecified atom stereocenters.